The van der Waals surface area contributed by atoms with Crippen LogP contribution >= 0.6 is 0 Å². The lowest BCUT2D eigenvalue weighted by Gasteiger charge is -2.10. The maximum absolute atomic E-state index is 12.6. The fraction of sp³-hybridized carbons (Fsp3) is 0.105. The summed E-state index contributed by atoms with van der Waals surface area (Å²) in [4.78, 5) is 29.1. The van der Waals surface area contributed by atoms with E-state index < -0.39 is 17.6 Å². The number of hydrogen-bond acceptors (Lipinski definition) is 6. The van der Waals surface area contributed by atoms with Crippen molar-refractivity contribution in [1.29, 1.82) is 5.26 Å². The van der Waals surface area contributed by atoms with Crippen molar-refractivity contribution < 1.29 is 14.1 Å². The number of amides is 1. The summed E-state index contributed by atoms with van der Waals surface area (Å²) >= 11 is 0. The highest BCUT2D eigenvalue weighted by atomic mass is 16.5. The molecule has 1 N–H and O–H groups in total. The Morgan fingerprint density at radius 1 is 1.15 bits per heavy atom. The molecule has 0 aliphatic heterocycles. The monoisotopic (exact) mass is 346 g/mol. The molecule has 0 unspecified atom stereocenters. The number of benzene rings is 2. The van der Waals surface area contributed by atoms with E-state index >= 15 is 0 Å². The van der Waals surface area contributed by atoms with Crippen molar-refractivity contribution in [3.8, 4) is 17.5 Å². The number of hydrogen-bond donors (Lipinski definition) is 1. The molecule has 1 amide bonds. The lowest BCUT2D eigenvalue weighted by molar-refractivity contribution is -0.117. The third-order valence-electron chi connectivity index (χ3n) is 3.63. The van der Waals surface area contributed by atoms with Crippen molar-refractivity contribution in [3.63, 3.8) is 0 Å². The second kappa shape index (κ2) is 7.40. The lowest BCUT2D eigenvalue weighted by Crippen LogP contribution is -2.28. The second-order valence-electron chi connectivity index (χ2n) is 5.50. The van der Waals surface area contributed by atoms with Crippen LogP contribution in [0.5, 0.6) is 0 Å². The van der Waals surface area contributed by atoms with Crippen LogP contribution < -0.4 is 5.32 Å². The molecule has 26 heavy (non-hydrogen) atoms. The van der Waals surface area contributed by atoms with Gasteiger partial charge in [-0.25, -0.2) is 0 Å². The minimum Gasteiger partial charge on any atom is -0.339 e. The van der Waals surface area contributed by atoms with E-state index in [0.29, 0.717) is 23.0 Å². The van der Waals surface area contributed by atoms with Gasteiger partial charge in [0, 0.05) is 23.7 Å². The first-order chi connectivity index (χ1) is 12.6. The Balaban J connectivity index is 1.83. The number of nitrogens with zero attached hydrogens (tertiary/aromatic N) is 3. The minimum atomic E-state index is -1.46. The Kier molecular flexibility index (Phi) is 4.85. The Morgan fingerprint density at radius 2 is 1.92 bits per heavy atom. The number of para-hydroxylation sites is 1. The highest BCUT2D eigenvalue weighted by molar-refractivity contribution is 6.15. The first kappa shape index (κ1) is 17.0. The SMILES string of the molecule is Cc1nc(-c2cccc(C(=O)[C@H](C#N)C(=O)Nc3ccccc3)c2)no1. The van der Waals surface area contributed by atoms with E-state index in [1.165, 1.54) is 6.07 Å². The molecule has 0 aliphatic rings. The summed E-state index contributed by atoms with van der Waals surface area (Å²) < 4.78 is 4.93. The Bertz CT molecular complexity index is 989. The predicted octanol–water partition coefficient (Wildman–Crippen LogP) is 3.01. The topological polar surface area (TPSA) is 109 Å². The third kappa shape index (κ3) is 3.65. The van der Waals surface area contributed by atoms with E-state index in [1.54, 1.807) is 61.5 Å². The van der Waals surface area contributed by atoms with E-state index in [2.05, 4.69) is 15.5 Å². The number of nitriles is 1. The van der Waals surface area contributed by atoms with Gasteiger partial charge in [-0.15, -0.1) is 0 Å². The van der Waals surface area contributed by atoms with Gasteiger partial charge in [0.15, 0.2) is 11.7 Å². The Morgan fingerprint density at radius 3 is 2.58 bits per heavy atom. The number of nitrogens with one attached hydrogen (secondary N) is 1. The maximum atomic E-state index is 12.6. The number of carbonyl (C=O) groups excluding carboxylic acids is 2. The number of rotatable bonds is 5. The van der Waals surface area contributed by atoms with E-state index in [1.807, 2.05) is 0 Å². The van der Waals surface area contributed by atoms with Gasteiger partial charge >= 0.3 is 0 Å². The molecule has 0 saturated heterocycles. The van der Waals surface area contributed by atoms with Gasteiger partial charge in [-0.1, -0.05) is 41.6 Å². The zero-order valence-electron chi connectivity index (χ0n) is 13.8. The van der Waals surface area contributed by atoms with Gasteiger partial charge in [0.25, 0.3) is 0 Å². The number of Topliss-reactive ketones (excluding diaryl/α,β-unsaturated/α-hetero) is 1. The molecule has 0 spiro atoms. The van der Waals surface area contributed by atoms with Crippen molar-refractivity contribution >= 4 is 17.4 Å². The van der Waals surface area contributed by atoms with Crippen LogP contribution in [0.3, 0.4) is 0 Å². The molecule has 2 aromatic carbocycles. The van der Waals surface area contributed by atoms with Crippen LogP contribution in [0.1, 0.15) is 16.2 Å². The van der Waals surface area contributed by atoms with Crippen LogP contribution in [0.25, 0.3) is 11.4 Å². The molecule has 0 bridgehead atoms. The summed E-state index contributed by atoms with van der Waals surface area (Å²) in [6.07, 6.45) is 0. The first-order valence-electron chi connectivity index (χ1n) is 7.79. The standard InChI is InChI=1S/C19H14N4O3/c1-12-21-18(23-26-12)14-7-5-6-13(10-14)17(24)16(11-20)19(25)22-15-8-3-2-4-9-15/h2-10,16H,1H3,(H,22,25)/t16-/m0/s1. The molecule has 7 heteroatoms. The van der Waals surface area contributed by atoms with Crippen LogP contribution in [-0.2, 0) is 4.79 Å². The molecular weight excluding hydrogens is 332 g/mol. The van der Waals surface area contributed by atoms with Crippen molar-refractivity contribution in [1.82, 2.24) is 10.1 Å². The van der Waals surface area contributed by atoms with E-state index in [4.69, 9.17) is 4.52 Å². The Hall–Kier alpha value is -3.79. The van der Waals surface area contributed by atoms with Gasteiger partial charge in [0.05, 0.1) is 6.07 Å². The third-order valence-corrected chi connectivity index (χ3v) is 3.63. The zero-order chi connectivity index (χ0) is 18.5. The molecule has 0 aliphatic carbocycles. The minimum absolute atomic E-state index is 0.222. The molecule has 0 fully saturated rings. The fourth-order valence-electron chi connectivity index (χ4n) is 2.37. The normalized spacial score (nSPS) is 11.4. The second-order valence-corrected chi connectivity index (χ2v) is 5.50. The molecule has 3 aromatic rings. The van der Waals surface area contributed by atoms with Gasteiger partial charge in [-0.05, 0) is 18.2 Å². The molecule has 1 aromatic heterocycles. The van der Waals surface area contributed by atoms with Crippen molar-refractivity contribution in [3.05, 3.63) is 66.1 Å². The predicted molar refractivity (Wildman–Crippen MR) is 93.0 cm³/mol. The highest BCUT2D eigenvalue weighted by Crippen LogP contribution is 2.20. The molecular formula is C19H14N4O3. The van der Waals surface area contributed by atoms with Crippen LogP contribution in [0.2, 0.25) is 0 Å². The van der Waals surface area contributed by atoms with Crippen LogP contribution in [-0.4, -0.2) is 21.8 Å². The van der Waals surface area contributed by atoms with Crippen molar-refractivity contribution in [2.75, 3.05) is 5.32 Å². The average Bonchev–Trinajstić information content (AvgIpc) is 3.09. The zero-order valence-corrected chi connectivity index (χ0v) is 13.8. The molecule has 1 atom stereocenters. The smallest absolute Gasteiger partial charge is 0.249 e. The molecule has 0 radical (unpaired) electrons. The van der Waals surface area contributed by atoms with Crippen LogP contribution in [0, 0.1) is 24.2 Å². The summed E-state index contributed by atoms with van der Waals surface area (Å²) in [5, 5.41) is 15.7. The van der Waals surface area contributed by atoms with Gasteiger partial charge < -0.3 is 9.84 Å². The summed E-state index contributed by atoms with van der Waals surface area (Å²) in [7, 11) is 0. The summed E-state index contributed by atoms with van der Waals surface area (Å²) in [5.41, 5.74) is 1.30. The van der Waals surface area contributed by atoms with Crippen LogP contribution in [0.15, 0.2) is 59.1 Å². The average molecular weight is 346 g/mol. The van der Waals surface area contributed by atoms with E-state index in [0.717, 1.165) is 0 Å². The summed E-state index contributed by atoms with van der Waals surface area (Å²) in [6.45, 7) is 1.66. The van der Waals surface area contributed by atoms with Crippen molar-refractivity contribution in [2.45, 2.75) is 6.92 Å². The van der Waals surface area contributed by atoms with Gasteiger partial charge in [-0.3, -0.25) is 9.59 Å². The number of carbonyl (C=O) groups is 2. The fourth-order valence-corrected chi connectivity index (χ4v) is 2.37. The van der Waals surface area contributed by atoms with E-state index in [-0.39, 0.29) is 5.56 Å². The summed E-state index contributed by atoms with van der Waals surface area (Å²) in [6, 6.07) is 16.8. The molecule has 1 heterocycles. The molecule has 7 nitrogen and oxygen atoms in total. The van der Waals surface area contributed by atoms with E-state index in [9.17, 15) is 14.9 Å². The largest absolute Gasteiger partial charge is 0.339 e. The Labute approximate surface area is 149 Å². The van der Waals surface area contributed by atoms with Gasteiger partial charge in [0.2, 0.25) is 17.6 Å². The molecule has 3 rings (SSSR count). The molecule has 0 saturated carbocycles. The number of aromatic nitrogens is 2. The first-order valence-corrected chi connectivity index (χ1v) is 7.79. The van der Waals surface area contributed by atoms with Crippen molar-refractivity contribution in [2.24, 2.45) is 5.92 Å². The maximum Gasteiger partial charge on any atom is 0.249 e. The van der Waals surface area contributed by atoms with Gasteiger partial charge in [0.1, 0.15) is 0 Å². The number of aryl methyl sites for hydroxylation is 1. The quantitative estimate of drug-likeness (QED) is 0.562. The molecule has 128 valence electrons. The van der Waals surface area contributed by atoms with Gasteiger partial charge in [-0.2, -0.15) is 10.2 Å². The highest BCUT2D eigenvalue weighted by Gasteiger charge is 2.28. The number of anilines is 1. The number of ketones is 1. The van der Waals surface area contributed by atoms with Crippen LogP contribution in [0.4, 0.5) is 5.69 Å². The summed E-state index contributed by atoms with van der Waals surface area (Å²) in [5.74, 6) is -2.00. The lowest BCUT2D eigenvalue weighted by atomic mass is 9.96.